The topological polar surface area (TPSA) is 21.3 Å². The van der Waals surface area contributed by atoms with E-state index in [0.717, 1.165) is 11.7 Å². The van der Waals surface area contributed by atoms with E-state index in [4.69, 9.17) is 4.74 Å². The third-order valence-corrected chi connectivity index (χ3v) is 3.72. The first-order valence-corrected chi connectivity index (χ1v) is 6.60. The maximum Gasteiger partial charge on any atom is 0.121 e. The first-order valence-electron chi connectivity index (χ1n) is 6.60. The van der Waals surface area contributed by atoms with Crippen LogP contribution in [0, 0.1) is 12.8 Å². The monoisotopic (exact) mass is 233 g/mol. The van der Waals surface area contributed by atoms with Gasteiger partial charge in [-0.2, -0.15) is 0 Å². The molecule has 1 N–H and O–H groups in total. The maximum absolute atomic E-state index is 5.27. The fraction of sp³-hybridized carbons (Fsp3) is 0.600. The van der Waals surface area contributed by atoms with E-state index < -0.39 is 0 Å². The summed E-state index contributed by atoms with van der Waals surface area (Å²) in [5.41, 5.74) is 2.39. The zero-order chi connectivity index (χ0) is 12.3. The lowest BCUT2D eigenvalue weighted by molar-refractivity contribution is 0.286. The number of methoxy groups -OCH3 is 1. The van der Waals surface area contributed by atoms with E-state index in [9.17, 15) is 0 Å². The number of hydrogen-bond donors (Lipinski definition) is 1. The minimum Gasteiger partial charge on any atom is -0.496 e. The molecule has 1 aliphatic rings. The molecule has 17 heavy (non-hydrogen) atoms. The second kappa shape index (κ2) is 5.44. The number of hydrogen-bond acceptors (Lipinski definition) is 2. The molecule has 0 heterocycles. The van der Waals surface area contributed by atoms with E-state index >= 15 is 0 Å². The molecule has 1 aromatic carbocycles. The van der Waals surface area contributed by atoms with Crippen molar-refractivity contribution in [2.45, 2.75) is 45.6 Å². The summed E-state index contributed by atoms with van der Waals surface area (Å²) >= 11 is 0. The van der Waals surface area contributed by atoms with Gasteiger partial charge < -0.3 is 10.1 Å². The van der Waals surface area contributed by atoms with Crippen LogP contribution < -0.4 is 10.1 Å². The van der Waals surface area contributed by atoms with Crippen LogP contribution in [-0.2, 0) is 0 Å². The molecule has 1 unspecified atom stereocenters. The highest BCUT2D eigenvalue weighted by Gasteiger charge is 2.19. The summed E-state index contributed by atoms with van der Waals surface area (Å²) in [6.07, 6.45) is 5.57. The van der Waals surface area contributed by atoms with E-state index in [1.165, 1.54) is 36.9 Å². The average Bonchev–Trinajstić information content (AvgIpc) is 2.24. The van der Waals surface area contributed by atoms with Gasteiger partial charge in [0, 0.05) is 11.7 Å². The van der Waals surface area contributed by atoms with E-state index in [-0.39, 0.29) is 0 Å². The lowest BCUT2D eigenvalue weighted by Crippen LogP contribution is -2.23. The minimum absolute atomic E-state index is 0.563. The molecule has 1 atom stereocenters. The second-order valence-corrected chi connectivity index (χ2v) is 5.26. The van der Waals surface area contributed by atoms with Crippen molar-refractivity contribution in [3.8, 4) is 5.75 Å². The smallest absolute Gasteiger partial charge is 0.121 e. The molecule has 2 rings (SSSR count). The summed E-state index contributed by atoms with van der Waals surface area (Å²) in [5, 5.41) is 3.58. The standard InChI is InChI=1S/C15H23NO/c1-11-9-14(7-8-15(11)17-3)16-12(2)10-13-5-4-6-13/h7-9,12-13,16H,4-6,10H2,1-3H3. The molecule has 0 radical (unpaired) electrons. The molecule has 2 nitrogen and oxygen atoms in total. The fourth-order valence-corrected chi connectivity index (χ4v) is 2.54. The average molecular weight is 233 g/mol. The van der Waals surface area contributed by atoms with E-state index in [1.54, 1.807) is 7.11 Å². The molecule has 0 aliphatic heterocycles. The molecule has 1 aromatic rings. The van der Waals surface area contributed by atoms with Gasteiger partial charge in [-0.1, -0.05) is 19.3 Å². The predicted molar refractivity (Wildman–Crippen MR) is 72.8 cm³/mol. The molecule has 1 fully saturated rings. The van der Waals surface area contributed by atoms with Gasteiger partial charge in [0.1, 0.15) is 5.75 Å². The van der Waals surface area contributed by atoms with Gasteiger partial charge in [-0.05, 0) is 49.9 Å². The van der Waals surface area contributed by atoms with Crippen molar-refractivity contribution in [3.63, 3.8) is 0 Å². The van der Waals surface area contributed by atoms with Crippen LogP contribution in [0.1, 0.15) is 38.2 Å². The second-order valence-electron chi connectivity index (χ2n) is 5.26. The van der Waals surface area contributed by atoms with Crippen LogP contribution in [0.15, 0.2) is 18.2 Å². The first-order chi connectivity index (χ1) is 8.19. The van der Waals surface area contributed by atoms with Crippen molar-refractivity contribution in [3.05, 3.63) is 23.8 Å². The molecule has 0 spiro atoms. The molecular weight excluding hydrogens is 210 g/mol. The lowest BCUT2D eigenvalue weighted by atomic mass is 9.81. The van der Waals surface area contributed by atoms with Crippen LogP contribution >= 0.6 is 0 Å². The Hall–Kier alpha value is -1.18. The summed E-state index contributed by atoms with van der Waals surface area (Å²) in [7, 11) is 1.72. The molecule has 2 heteroatoms. The number of ether oxygens (including phenoxy) is 1. The summed E-state index contributed by atoms with van der Waals surface area (Å²) in [5.74, 6) is 1.92. The molecule has 0 saturated heterocycles. The molecule has 0 amide bonds. The SMILES string of the molecule is COc1ccc(NC(C)CC2CCC2)cc1C. The Morgan fingerprint density at radius 2 is 2.18 bits per heavy atom. The van der Waals surface area contributed by atoms with Crippen molar-refractivity contribution in [2.75, 3.05) is 12.4 Å². The first kappa shape index (κ1) is 12.3. The molecule has 0 aromatic heterocycles. The largest absolute Gasteiger partial charge is 0.496 e. The van der Waals surface area contributed by atoms with Crippen LogP contribution in [0.2, 0.25) is 0 Å². The third kappa shape index (κ3) is 3.15. The zero-order valence-corrected chi connectivity index (χ0v) is 11.1. The lowest BCUT2D eigenvalue weighted by Gasteiger charge is -2.29. The van der Waals surface area contributed by atoms with Crippen LogP contribution in [-0.4, -0.2) is 13.2 Å². The van der Waals surface area contributed by atoms with Crippen molar-refractivity contribution in [2.24, 2.45) is 5.92 Å². The van der Waals surface area contributed by atoms with Crippen molar-refractivity contribution < 1.29 is 4.74 Å². The van der Waals surface area contributed by atoms with Gasteiger partial charge in [-0.25, -0.2) is 0 Å². The third-order valence-electron chi connectivity index (χ3n) is 3.72. The number of nitrogens with one attached hydrogen (secondary N) is 1. The maximum atomic E-state index is 5.27. The highest BCUT2D eigenvalue weighted by atomic mass is 16.5. The number of rotatable bonds is 5. The van der Waals surface area contributed by atoms with Gasteiger partial charge >= 0.3 is 0 Å². The number of aryl methyl sites for hydroxylation is 1. The number of benzene rings is 1. The normalized spacial score (nSPS) is 17.4. The van der Waals surface area contributed by atoms with Crippen LogP contribution in [0.5, 0.6) is 5.75 Å². The highest BCUT2D eigenvalue weighted by Crippen LogP contribution is 2.31. The highest BCUT2D eigenvalue weighted by molar-refractivity contribution is 5.51. The summed E-state index contributed by atoms with van der Waals surface area (Å²) in [4.78, 5) is 0. The Balaban J connectivity index is 1.90. The van der Waals surface area contributed by atoms with Gasteiger partial charge in [-0.3, -0.25) is 0 Å². The Morgan fingerprint density at radius 3 is 2.71 bits per heavy atom. The van der Waals surface area contributed by atoms with Crippen LogP contribution in [0.25, 0.3) is 0 Å². The molecule has 1 aliphatic carbocycles. The predicted octanol–water partition coefficient (Wildman–Crippen LogP) is 3.99. The molecule has 0 bridgehead atoms. The fourth-order valence-electron chi connectivity index (χ4n) is 2.54. The summed E-state index contributed by atoms with van der Waals surface area (Å²) in [6.45, 7) is 4.36. The van der Waals surface area contributed by atoms with Gasteiger partial charge in [0.25, 0.3) is 0 Å². The molecular formula is C15H23NO. The Bertz CT molecular complexity index is 371. The summed E-state index contributed by atoms with van der Waals surface area (Å²) in [6, 6.07) is 6.86. The van der Waals surface area contributed by atoms with Gasteiger partial charge in [0.2, 0.25) is 0 Å². The van der Waals surface area contributed by atoms with Crippen LogP contribution in [0.3, 0.4) is 0 Å². The van der Waals surface area contributed by atoms with Gasteiger partial charge in [-0.15, -0.1) is 0 Å². The van der Waals surface area contributed by atoms with E-state index in [1.807, 2.05) is 6.07 Å². The number of anilines is 1. The summed E-state index contributed by atoms with van der Waals surface area (Å²) < 4.78 is 5.27. The van der Waals surface area contributed by atoms with Gasteiger partial charge in [0.15, 0.2) is 0 Å². The van der Waals surface area contributed by atoms with Gasteiger partial charge in [0.05, 0.1) is 7.11 Å². The van der Waals surface area contributed by atoms with E-state index in [2.05, 4.69) is 31.3 Å². The van der Waals surface area contributed by atoms with Crippen molar-refractivity contribution >= 4 is 5.69 Å². The van der Waals surface area contributed by atoms with E-state index in [0.29, 0.717) is 6.04 Å². The minimum atomic E-state index is 0.563. The van der Waals surface area contributed by atoms with Crippen molar-refractivity contribution in [1.29, 1.82) is 0 Å². The Labute approximate surface area is 104 Å². The Kier molecular flexibility index (Phi) is 3.93. The molecule has 94 valence electrons. The zero-order valence-electron chi connectivity index (χ0n) is 11.1. The van der Waals surface area contributed by atoms with Crippen LogP contribution in [0.4, 0.5) is 5.69 Å². The molecule has 1 saturated carbocycles. The Morgan fingerprint density at radius 1 is 1.41 bits per heavy atom. The quantitative estimate of drug-likeness (QED) is 0.830. The van der Waals surface area contributed by atoms with Crippen molar-refractivity contribution in [1.82, 2.24) is 0 Å².